The molecule has 0 fully saturated rings. The van der Waals surface area contributed by atoms with Crippen molar-refractivity contribution in [3.05, 3.63) is 0 Å². The molecule has 0 rings (SSSR count). The van der Waals surface area contributed by atoms with Crippen LogP contribution in [0.5, 0.6) is 0 Å². The van der Waals surface area contributed by atoms with Gasteiger partial charge in [-0.05, 0) is 0 Å². The third-order valence-electron chi connectivity index (χ3n) is 0. The van der Waals surface area contributed by atoms with Crippen molar-refractivity contribution in [2.75, 3.05) is 0 Å². The standard InChI is InChI=1S/13Na.6H2O4S.13H/c;;;;;;;;;;;;;6*1-5(2,3)4;;;;;;;;;;;;;/h;;;;;;;;;;;;;6*(H2,1,2,3,4);;;;;;;;;;;;;/q13*+1;;;;;;;13*-1. The van der Waals surface area contributed by atoms with Gasteiger partial charge >= 0.3 is 447 Å². The van der Waals surface area contributed by atoms with Gasteiger partial charge in [0, 0.05) is 0 Å². The molecular formula is H25Na13O24S6. The zero-order chi connectivity index (χ0) is 27.0. The van der Waals surface area contributed by atoms with Crippen LogP contribution in [0.2, 0.25) is 0 Å². The smallest absolute Gasteiger partial charge is 1.00 e. The first-order valence-electron chi connectivity index (χ1n) is 4.19. The Labute approximate surface area is 556 Å². The number of hydrogen-bond acceptors (Lipinski definition) is 12. The van der Waals surface area contributed by atoms with Crippen LogP contribution in [-0.4, -0.2) is 105 Å². The van der Waals surface area contributed by atoms with Crippen LogP contribution in [0.3, 0.4) is 0 Å². The maximum atomic E-state index is 8.74. The van der Waals surface area contributed by atoms with Crippen LogP contribution in [0.1, 0.15) is 18.5 Å². The monoisotopic (exact) mass is 900 g/mol. The summed E-state index contributed by atoms with van der Waals surface area (Å²) < 4.78 is 190. The molecule has 0 aromatic carbocycles. The van der Waals surface area contributed by atoms with Crippen LogP contribution >= 0.6 is 0 Å². The largest absolute Gasteiger partial charge is 1.00 e. The van der Waals surface area contributed by atoms with Crippen LogP contribution < -0.4 is 384 Å². The van der Waals surface area contributed by atoms with E-state index in [0.29, 0.717) is 0 Å². The van der Waals surface area contributed by atoms with Gasteiger partial charge in [-0.2, -0.15) is 50.5 Å². The molecule has 0 saturated carbocycles. The summed E-state index contributed by atoms with van der Waals surface area (Å²) >= 11 is 0. The summed E-state index contributed by atoms with van der Waals surface area (Å²) in [4.78, 5) is 0. The summed E-state index contributed by atoms with van der Waals surface area (Å²) in [5, 5.41) is 0. The predicted octanol–water partition coefficient (Wildman–Crippen LogP) is -41.4. The van der Waals surface area contributed by atoms with Gasteiger partial charge in [0.25, 0.3) is 0 Å². The third kappa shape index (κ3) is 990. The normalized spacial score (nSPS) is 8.09. The average Bonchev–Trinajstić information content (AvgIpc) is 1.94. The quantitative estimate of drug-likeness (QED) is 0.0793. The van der Waals surface area contributed by atoms with E-state index < -0.39 is 62.4 Å². The molecule has 0 radical (unpaired) electrons. The second kappa shape index (κ2) is 66.0. The average molecular weight is 900 g/mol. The van der Waals surface area contributed by atoms with Crippen LogP contribution in [-0.2, 0) is 62.4 Å². The molecule has 0 saturated heterocycles. The first-order chi connectivity index (χ1) is 12.0. The molecule has 0 heterocycles. The van der Waals surface area contributed by atoms with Gasteiger partial charge < -0.3 is 18.5 Å². The summed E-state index contributed by atoms with van der Waals surface area (Å²) in [6.07, 6.45) is 0. The fourth-order valence-corrected chi connectivity index (χ4v) is 0. The fourth-order valence-electron chi connectivity index (χ4n) is 0. The molecule has 0 aromatic rings. The van der Waals surface area contributed by atoms with Gasteiger partial charge in [0.2, 0.25) is 0 Å². The van der Waals surface area contributed by atoms with E-state index in [2.05, 4.69) is 0 Å². The van der Waals surface area contributed by atoms with Crippen molar-refractivity contribution in [3.8, 4) is 0 Å². The van der Waals surface area contributed by atoms with Crippen LogP contribution in [0.4, 0.5) is 0 Å². The fraction of sp³-hybridized carbons (Fsp3) is 0. The maximum Gasteiger partial charge on any atom is 1.00 e. The SMILES string of the molecule is O=S(=O)(O)O.O=S(=O)(O)O.O=S(=O)(O)O.O=S(=O)(O)O.O=S(=O)(O)O.O=S(=O)(O)O.[H-].[H-].[H-].[H-].[H-].[H-].[H-].[H-].[H-].[H-].[H-].[H-].[H-].[Na+].[Na+].[Na+].[Na+].[Na+].[Na+].[Na+].[Na+].[Na+].[Na+].[Na+].[Na+].[Na+]. The molecule has 24 nitrogen and oxygen atoms in total. The Morgan fingerprint density at radius 2 is 0.186 bits per heavy atom. The van der Waals surface area contributed by atoms with Gasteiger partial charge in [-0.25, -0.2) is 0 Å². The van der Waals surface area contributed by atoms with Gasteiger partial charge in [0.1, 0.15) is 0 Å². The summed E-state index contributed by atoms with van der Waals surface area (Å²) in [7, 11) is -28.0. The van der Waals surface area contributed by atoms with Gasteiger partial charge in [-0.3, -0.25) is 54.6 Å². The van der Waals surface area contributed by atoms with Crippen molar-refractivity contribution in [2.24, 2.45) is 0 Å². The van der Waals surface area contributed by atoms with E-state index >= 15 is 0 Å². The summed E-state index contributed by atoms with van der Waals surface area (Å²) in [5.41, 5.74) is 0. The molecule has 12 N–H and O–H groups in total. The van der Waals surface area contributed by atoms with E-state index in [1.807, 2.05) is 0 Å². The van der Waals surface area contributed by atoms with E-state index in [4.69, 9.17) is 105 Å². The molecule has 0 atom stereocenters. The molecule has 0 amide bonds. The van der Waals surface area contributed by atoms with Crippen molar-refractivity contribution < 1.29 is 508 Å². The molecule has 0 spiro atoms. The molecule has 0 aliphatic rings. The Morgan fingerprint density at radius 3 is 0.186 bits per heavy atom. The first-order valence-corrected chi connectivity index (χ1v) is 12.6. The maximum absolute atomic E-state index is 8.74. The minimum atomic E-state index is -4.67. The Morgan fingerprint density at radius 1 is 0.186 bits per heavy atom. The molecule has 43 heavy (non-hydrogen) atoms. The van der Waals surface area contributed by atoms with Gasteiger partial charge in [0.05, 0.1) is 0 Å². The molecule has 218 valence electrons. The van der Waals surface area contributed by atoms with Crippen molar-refractivity contribution in [3.63, 3.8) is 0 Å². The topological polar surface area (TPSA) is 448 Å². The van der Waals surface area contributed by atoms with Gasteiger partial charge in [-0.15, -0.1) is 0 Å². The third-order valence-corrected chi connectivity index (χ3v) is 0. The van der Waals surface area contributed by atoms with Gasteiger partial charge in [-0.1, -0.05) is 0 Å². The van der Waals surface area contributed by atoms with Crippen molar-refractivity contribution in [1.29, 1.82) is 0 Å². The summed E-state index contributed by atoms with van der Waals surface area (Å²) in [6.45, 7) is 0. The Hall–Kier alpha value is 12.2. The minimum Gasteiger partial charge on any atom is -1.00 e. The molecule has 0 aliphatic carbocycles. The molecule has 0 unspecified atom stereocenters. The van der Waals surface area contributed by atoms with E-state index in [9.17, 15) is 0 Å². The summed E-state index contributed by atoms with van der Waals surface area (Å²) in [6, 6.07) is 0. The van der Waals surface area contributed by atoms with Crippen LogP contribution in [0.15, 0.2) is 0 Å². The molecule has 0 aliphatic heterocycles. The second-order valence-electron chi connectivity index (χ2n) is 2.69. The van der Waals surface area contributed by atoms with Crippen molar-refractivity contribution in [1.82, 2.24) is 0 Å². The molecular weight excluding hydrogens is 875 g/mol. The Bertz CT molecular complexity index is 835. The zero-order valence-electron chi connectivity index (χ0n) is 38.7. The van der Waals surface area contributed by atoms with E-state index in [1.165, 1.54) is 0 Å². The number of hydrogen-bond donors (Lipinski definition) is 12. The van der Waals surface area contributed by atoms with Crippen LogP contribution in [0, 0.1) is 0 Å². The Kier molecular flexibility index (Phi) is 190. The van der Waals surface area contributed by atoms with Crippen molar-refractivity contribution >= 4 is 62.4 Å². The van der Waals surface area contributed by atoms with E-state index in [1.54, 1.807) is 0 Å². The summed E-state index contributed by atoms with van der Waals surface area (Å²) in [5.74, 6) is 0. The predicted molar refractivity (Wildman–Crippen MR) is 99.5 cm³/mol. The van der Waals surface area contributed by atoms with Crippen LogP contribution in [0.25, 0.3) is 0 Å². The van der Waals surface area contributed by atoms with E-state index in [-0.39, 0.29) is 403 Å². The number of rotatable bonds is 0. The Balaban J connectivity index is -0.00000000376. The van der Waals surface area contributed by atoms with Gasteiger partial charge in [0.15, 0.2) is 0 Å². The minimum absolute atomic E-state index is 0. The molecule has 0 aromatic heterocycles. The molecule has 43 heteroatoms. The van der Waals surface area contributed by atoms with Crippen molar-refractivity contribution in [2.45, 2.75) is 0 Å². The molecule has 0 bridgehead atoms. The zero-order valence-corrected chi connectivity index (χ0v) is 56.6. The van der Waals surface area contributed by atoms with E-state index in [0.717, 1.165) is 0 Å². The second-order valence-corrected chi connectivity index (χ2v) is 8.06. The first kappa shape index (κ1) is 124.